The Balaban J connectivity index is 1.13. The van der Waals surface area contributed by atoms with Gasteiger partial charge in [-0.05, 0) is 50.5 Å². The molecular weight excluding hydrogens is 563 g/mol. The molecule has 0 bridgehead atoms. The highest BCUT2D eigenvalue weighted by Gasteiger charge is 2.49. The molecule has 1 saturated carbocycles. The van der Waals surface area contributed by atoms with Crippen LogP contribution in [0.15, 0.2) is 43.0 Å². The number of hydrogen-bond acceptors (Lipinski definition) is 8. The number of H-pyrrole nitrogens is 1. The Labute approximate surface area is 245 Å². The molecule has 5 heterocycles. The number of fused-ring (bicyclic) bond motifs is 1. The zero-order valence-corrected chi connectivity index (χ0v) is 23.6. The smallest absolute Gasteiger partial charge is 0.384 e. The van der Waals surface area contributed by atoms with Gasteiger partial charge in [0.1, 0.15) is 16.9 Å². The van der Waals surface area contributed by atoms with Crippen molar-refractivity contribution in [1.29, 1.82) is 5.26 Å². The fourth-order valence-electron chi connectivity index (χ4n) is 6.02. The Bertz CT molecular complexity index is 1670. The van der Waals surface area contributed by atoms with Crippen LogP contribution in [0.2, 0.25) is 0 Å². The van der Waals surface area contributed by atoms with Crippen molar-refractivity contribution in [1.82, 2.24) is 39.5 Å². The van der Waals surface area contributed by atoms with Crippen LogP contribution < -0.4 is 0 Å². The molecule has 224 valence electrons. The molecule has 6 rings (SSSR count). The molecule has 14 heteroatoms. The van der Waals surface area contributed by atoms with Gasteiger partial charge in [0.15, 0.2) is 0 Å². The van der Waals surface area contributed by atoms with Gasteiger partial charge in [0.05, 0.1) is 29.9 Å². The number of aliphatic hydroxyl groups is 1. The van der Waals surface area contributed by atoms with E-state index in [0.717, 1.165) is 28.2 Å². The zero-order valence-electron chi connectivity index (χ0n) is 23.6. The standard InChI is InChI=1S/C29H30F3N9O2/c1-27(2,43)23-13-22(37-26(38-23)29(30,31)32)25(42)40-11-9-39(10-12-40)19-14-28(15-19,5-6-33)41-17-18(16-36-41)20-3-7-34-24-21(20)4-8-35-24/h3-4,7-8,13,16-17,19,43H,5,9-12,14-15H2,1-2H3,(H,34,35)/t19-,28-. The largest absolute Gasteiger partial charge is 0.451 e. The SMILES string of the molecule is CC(C)(O)c1cc(C(=O)N2CCN([C@H]3C[C@](CC#N)(n4cc(-c5ccnc6[nH]ccc56)cn4)C3)CC2)nc(C(F)(F)F)n1. The molecule has 1 amide bonds. The minimum absolute atomic E-state index is 0.174. The van der Waals surface area contributed by atoms with Crippen molar-refractivity contribution < 1.29 is 23.1 Å². The molecule has 4 aromatic rings. The third-order valence-electron chi connectivity index (χ3n) is 8.42. The first-order valence-corrected chi connectivity index (χ1v) is 13.9. The second-order valence-electron chi connectivity index (χ2n) is 11.7. The van der Waals surface area contributed by atoms with Gasteiger partial charge in [-0.15, -0.1) is 0 Å². The summed E-state index contributed by atoms with van der Waals surface area (Å²) in [5, 5.41) is 25.5. The van der Waals surface area contributed by atoms with Crippen molar-refractivity contribution in [3.8, 4) is 17.2 Å². The third-order valence-corrected chi connectivity index (χ3v) is 8.42. The number of amides is 1. The lowest BCUT2D eigenvalue weighted by atomic mass is 9.70. The maximum atomic E-state index is 13.4. The van der Waals surface area contributed by atoms with Crippen LogP contribution in [0.25, 0.3) is 22.2 Å². The number of nitrogens with one attached hydrogen (secondary N) is 1. The van der Waals surface area contributed by atoms with E-state index in [4.69, 9.17) is 0 Å². The number of pyridine rings is 1. The van der Waals surface area contributed by atoms with Crippen LogP contribution in [0.1, 0.15) is 55.1 Å². The Morgan fingerprint density at radius 3 is 2.60 bits per heavy atom. The van der Waals surface area contributed by atoms with Gasteiger partial charge in [-0.1, -0.05) is 0 Å². The Kier molecular flexibility index (Phi) is 6.97. The zero-order chi connectivity index (χ0) is 30.6. The highest BCUT2D eigenvalue weighted by Crippen LogP contribution is 2.45. The lowest BCUT2D eigenvalue weighted by Gasteiger charge is -2.52. The molecule has 0 atom stereocenters. The van der Waals surface area contributed by atoms with E-state index in [1.807, 2.05) is 29.2 Å². The fraction of sp³-hybridized carbons (Fsp3) is 0.448. The predicted octanol–water partition coefficient (Wildman–Crippen LogP) is 3.69. The maximum Gasteiger partial charge on any atom is 0.451 e. The normalized spacial score (nSPS) is 21.5. The van der Waals surface area contributed by atoms with Crippen LogP contribution >= 0.6 is 0 Å². The van der Waals surface area contributed by atoms with E-state index in [-0.39, 0.29) is 11.7 Å². The summed E-state index contributed by atoms with van der Waals surface area (Å²) in [5.74, 6) is -2.09. The van der Waals surface area contributed by atoms with Crippen molar-refractivity contribution in [2.24, 2.45) is 0 Å². The summed E-state index contributed by atoms with van der Waals surface area (Å²) in [6.07, 6.45) is 4.22. The van der Waals surface area contributed by atoms with Crippen molar-refractivity contribution in [3.05, 3.63) is 60.2 Å². The number of alkyl halides is 3. The van der Waals surface area contributed by atoms with Gasteiger partial charge < -0.3 is 15.0 Å². The van der Waals surface area contributed by atoms with Crippen LogP contribution in [0.5, 0.6) is 0 Å². The molecule has 1 aliphatic carbocycles. The fourth-order valence-corrected chi connectivity index (χ4v) is 6.02. The van der Waals surface area contributed by atoms with Crippen LogP contribution in [0.3, 0.4) is 0 Å². The van der Waals surface area contributed by atoms with Gasteiger partial charge in [0.2, 0.25) is 5.82 Å². The van der Waals surface area contributed by atoms with E-state index < -0.39 is 34.7 Å². The summed E-state index contributed by atoms with van der Waals surface area (Å²) < 4.78 is 42.2. The second-order valence-corrected chi connectivity index (χ2v) is 11.7. The minimum atomic E-state index is -4.86. The quantitative estimate of drug-likeness (QED) is 0.345. The lowest BCUT2D eigenvalue weighted by Crippen LogP contribution is -2.60. The lowest BCUT2D eigenvalue weighted by molar-refractivity contribution is -0.145. The molecule has 4 aromatic heterocycles. The minimum Gasteiger partial charge on any atom is -0.384 e. The van der Waals surface area contributed by atoms with Gasteiger partial charge in [-0.2, -0.15) is 23.5 Å². The molecule has 0 radical (unpaired) electrons. The second kappa shape index (κ2) is 10.4. The summed E-state index contributed by atoms with van der Waals surface area (Å²) in [6.45, 7) is 4.28. The van der Waals surface area contributed by atoms with Crippen LogP contribution in [-0.2, 0) is 17.3 Å². The molecule has 1 saturated heterocycles. The Morgan fingerprint density at radius 2 is 1.93 bits per heavy atom. The van der Waals surface area contributed by atoms with Gasteiger partial charge in [0, 0.05) is 61.8 Å². The monoisotopic (exact) mass is 593 g/mol. The molecule has 0 spiro atoms. The van der Waals surface area contributed by atoms with E-state index in [1.54, 1.807) is 12.4 Å². The van der Waals surface area contributed by atoms with E-state index in [0.29, 0.717) is 45.4 Å². The van der Waals surface area contributed by atoms with Gasteiger partial charge in [0.25, 0.3) is 5.91 Å². The van der Waals surface area contributed by atoms with Crippen molar-refractivity contribution in [2.45, 2.75) is 56.5 Å². The Morgan fingerprint density at radius 1 is 1.19 bits per heavy atom. The number of carbonyl (C=O) groups is 1. The molecule has 2 fully saturated rings. The molecule has 11 nitrogen and oxygen atoms in total. The van der Waals surface area contributed by atoms with E-state index in [1.165, 1.54) is 18.7 Å². The number of aromatic nitrogens is 6. The molecule has 1 aliphatic heterocycles. The van der Waals surface area contributed by atoms with E-state index in [2.05, 4.69) is 36.0 Å². The van der Waals surface area contributed by atoms with Crippen LogP contribution in [0.4, 0.5) is 13.2 Å². The highest BCUT2D eigenvalue weighted by atomic mass is 19.4. The first-order chi connectivity index (χ1) is 20.4. The number of rotatable bonds is 6. The van der Waals surface area contributed by atoms with Crippen molar-refractivity contribution in [3.63, 3.8) is 0 Å². The molecule has 43 heavy (non-hydrogen) atoms. The van der Waals surface area contributed by atoms with Crippen molar-refractivity contribution >= 4 is 16.9 Å². The van der Waals surface area contributed by atoms with E-state index >= 15 is 0 Å². The first-order valence-electron chi connectivity index (χ1n) is 13.9. The molecule has 2 aliphatic rings. The molecule has 0 unspecified atom stereocenters. The number of hydrogen-bond donors (Lipinski definition) is 2. The van der Waals surface area contributed by atoms with Gasteiger partial charge >= 0.3 is 6.18 Å². The topological polar surface area (TPSA) is 140 Å². The van der Waals surface area contributed by atoms with Gasteiger partial charge in [-0.3, -0.25) is 14.4 Å². The number of carbonyl (C=O) groups excluding carboxylic acids is 1. The summed E-state index contributed by atoms with van der Waals surface area (Å²) >= 11 is 0. The number of aromatic amines is 1. The maximum absolute atomic E-state index is 13.4. The predicted molar refractivity (Wildman–Crippen MR) is 148 cm³/mol. The highest BCUT2D eigenvalue weighted by molar-refractivity contribution is 5.93. The summed E-state index contributed by atoms with van der Waals surface area (Å²) in [4.78, 5) is 31.3. The summed E-state index contributed by atoms with van der Waals surface area (Å²) in [5.41, 5.74) is -0.0751. The number of nitrogens with zero attached hydrogens (tertiary/aromatic N) is 8. The third kappa shape index (κ3) is 5.34. The molecule has 0 aromatic carbocycles. The van der Waals surface area contributed by atoms with Crippen molar-refractivity contribution in [2.75, 3.05) is 26.2 Å². The summed E-state index contributed by atoms with van der Waals surface area (Å²) in [7, 11) is 0. The Hall–Kier alpha value is -4.35. The number of piperazine rings is 1. The van der Waals surface area contributed by atoms with E-state index in [9.17, 15) is 28.3 Å². The molecule has 2 N–H and O–H groups in total. The average Bonchev–Trinajstić information content (AvgIpc) is 3.64. The first kappa shape index (κ1) is 28.8. The van der Waals surface area contributed by atoms with Crippen LogP contribution in [-0.4, -0.2) is 82.8 Å². The van der Waals surface area contributed by atoms with Gasteiger partial charge in [-0.25, -0.2) is 15.0 Å². The summed E-state index contributed by atoms with van der Waals surface area (Å²) in [6, 6.07) is 7.53. The number of halogens is 3. The average molecular weight is 594 g/mol. The van der Waals surface area contributed by atoms with Crippen LogP contribution in [0, 0.1) is 11.3 Å². The number of nitriles is 1. The molecular formula is C29H30F3N9O2.